The molecule has 0 N–H and O–H groups in total. The lowest BCUT2D eigenvalue weighted by molar-refractivity contribution is -0.660. The van der Waals surface area contributed by atoms with E-state index in [1.807, 2.05) is 0 Å². The average molecular weight is 448 g/mol. The smallest absolute Gasteiger partial charge is 0.216 e. The number of pyridine rings is 1. The summed E-state index contributed by atoms with van der Waals surface area (Å²) in [7, 11) is 4.31. The first-order chi connectivity index (χ1) is 16.4. The molecule has 0 aliphatic carbocycles. The fourth-order valence-electron chi connectivity index (χ4n) is 5.69. The van der Waals surface area contributed by atoms with Crippen molar-refractivity contribution in [3.8, 4) is 22.4 Å². The summed E-state index contributed by atoms with van der Waals surface area (Å²) in [6, 6.07) is 24.1. The maximum absolute atomic E-state index is 6.81. The van der Waals surface area contributed by atoms with Crippen molar-refractivity contribution >= 4 is 27.6 Å². The Morgan fingerprint density at radius 1 is 0.853 bits per heavy atom. The molecule has 0 spiro atoms. The highest BCUT2D eigenvalue weighted by atomic mass is 16.3. The van der Waals surface area contributed by atoms with Crippen LogP contribution in [0, 0.1) is 6.92 Å². The molecule has 3 aromatic carbocycles. The molecule has 3 heterocycles. The van der Waals surface area contributed by atoms with Crippen LogP contribution in [0.5, 0.6) is 0 Å². The molecule has 3 nitrogen and oxygen atoms in total. The van der Waals surface area contributed by atoms with Gasteiger partial charge in [0.05, 0.1) is 5.56 Å². The Kier molecular flexibility index (Phi) is 4.60. The van der Waals surface area contributed by atoms with Crippen LogP contribution >= 0.6 is 0 Å². The molecular formula is C31H31N2O+. The van der Waals surface area contributed by atoms with Gasteiger partial charge in [0.15, 0.2) is 6.20 Å². The van der Waals surface area contributed by atoms with E-state index in [1.165, 1.54) is 33.2 Å². The van der Waals surface area contributed by atoms with Gasteiger partial charge in [0, 0.05) is 53.3 Å². The van der Waals surface area contributed by atoms with Crippen LogP contribution in [0.25, 0.3) is 44.3 Å². The summed E-state index contributed by atoms with van der Waals surface area (Å²) in [6.45, 7) is 7.94. The molecule has 0 saturated heterocycles. The first-order valence-corrected chi connectivity index (χ1v) is 12.1. The number of anilines is 1. The molecule has 0 saturated carbocycles. The Morgan fingerprint density at radius 2 is 1.62 bits per heavy atom. The van der Waals surface area contributed by atoms with Crippen molar-refractivity contribution < 1.29 is 8.98 Å². The van der Waals surface area contributed by atoms with E-state index in [-0.39, 0.29) is 5.41 Å². The van der Waals surface area contributed by atoms with Gasteiger partial charge in [-0.3, -0.25) is 0 Å². The Morgan fingerprint density at radius 3 is 2.44 bits per heavy atom. The van der Waals surface area contributed by atoms with E-state index in [9.17, 15) is 0 Å². The molecular weight excluding hydrogens is 416 g/mol. The van der Waals surface area contributed by atoms with E-state index < -0.39 is 0 Å². The van der Waals surface area contributed by atoms with E-state index in [2.05, 4.69) is 117 Å². The number of hydrogen-bond donors (Lipinski definition) is 0. The monoisotopic (exact) mass is 447 g/mol. The number of fused-ring (bicyclic) bond motifs is 4. The van der Waals surface area contributed by atoms with E-state index in [4.69, 9.17) is 4.42 Å². The molecule has 0 radical (unpaired) electrons. The molecule has 3 heteroatoms. The van der Waals surface area contributed by atoms with Crippen molar-refractivity contribution in [1.82, 2.24) is 0 Å². The van der Waals surface area contributed by atoms with Gasteiger partial charge in [-0.15, -0.1) is 0 Å². The van der Waals surface area contributed by atoms with Crippen LogP contribution in [0.15, 0.2) is 77.3 Å². The standard InChI is InChI=1S/C31H31N2O/c1-20-15-16-24-23-12-8-11-22(21-10-9-13-25-28(21)33(5)19-17-31(25,2)3)29(23)34-30(24)27(20)26-14-6-7-18-32(26)4/h6-16,18H,17,19H2,1-5H3/q+1. The van der Waals surface area contributed by atoms with Crippen LogP contribution in [-0.4, -0.2) is 13.6 Å². The van der Waals surface area contributed by atoms with Crippen LogP contribution < -0.4 is 9.47 Å². The number of benzene rings is 3. The van der Waals surface area contributed by atoms with Crippen LogP contribution in [0.2, 0.25) is 0 Å². The Labute approximate surface area is 201 Å². The van der Waals surface area contributed by atoms with Crippen LogP contribution in [0.1, 0.15) is 31.4 Å². The number of hydrogen-bond acceptors (Lipinski definition) is 2. The Hall–Kier alpha value is -3.59. The summed E-state index contributed by atoms with van der Waals surface area (Å²) in [5, 5.41) is 2.34. The highest BCUT2D eigenvalue weighted by molar-refractivity contribution is 6.13. The molecule has 0 amide bonds. The molecule has 0 bridgehead atoms. The highest BCUT2D eigenvalue weighted by Gasteiger charge is 2.32. The summed E-state index contributed by atoms with van der Waals surface area (Å²) in [4.78, 5) is 2.41. The van der Waals surface area contributed by atoms with Crippen molar-refractivity contribution in [3.63, 3.8) is 0 Å². The Bertz CT molecular complexity index is 1570. The molecule has 1 aliphatic heterocycles. The van der Waals surface area contributed by atoms with Gasteiger partial charge in [-0.2, -0.15) is 0 Å². The third-order valence-electron chi connectivity index (χ3n) is 7.70. The minimum atomic E-state index is 0.159. The van der Waals surface area contributed by atoms with E-state index in [1.54, 1.807) is 0 Å². The zero-order chi connectivity index (χ0) is 23.6. The molecule has 170 valence electrons. The third kappa shape index (κ3) is 3.00. The average Bonchev–Trinajstić information content (AvgIpc) is 3.21. The summed E-state index contributed by atoms with van der Waals surface area (Å²) in [5.41, 5.74) is 10.8. The first kappa shape index (κ1) is 21.0. The number of nitrogens with zero attached hydrogens (tertiary/aromatic N) is 2. The van der Waals surface area contributed by atoms with Crippen molar-refractivity contribution in [2.45, 2.75) is 32.6 Å². The number of rotatable bonds is 2. The van der Waals surface area contributed by atoms with Crippen LogP contribution in [-0.2, 0) is 12.5 Å². The minimum Gasteiger partial charge on any atom is -0.454 e. The first-order valence-electron chi connectivity index (χ1n) is 12.1. The van der Waals surface area contributed by atoms with Crippen molar-refractivity contribution in [2.24, 2.45) is 7.05 Å². The van der Waals surface area contributed by atoms with Gasteiger partial charge in [-0.05, 0) is 36.0 Å². The van der Waals surface area contributed by atoms with Crippen LogP contribution in [0.4, 0.5) is 5.69 Å². The highest BCUT2D eigenvalue weighted by Crippen LogP contribution is 2.47. The lowest BCUT2D eigenvalue weighted by atomic mass is 9.76. The molecule has 5 aromatic rings. The SMILES string of the molecule is Cc1ccc2c(oc3c(-c4cccc5c4N(C)CCC5(C)C)cccc32)c1-c1cccc[n+]1C. The van der Waals surface area contributed by atoms with Gasteiger partial charge < -0.3 is 9.32 Å². The predicted molar refractivity (Wildman–Crippen MR) is 141 cm³/mol. The lowest BCUT2D eigenvalue weighted by Crippen LogP contribution is -2.35. The molecule has 0 unspecified atom stereocenters. The topological polar surface area (TPSA) is 20.3 Å². The summed E-state index contributed by atoms with van der Waals surface area (Å²) < 4.78 is 8.97. The van der Waals surface area contributed by atoms with Crippen LogP contribution in [0.3, 0.4) is 0 Å². The zero-order valence-electron chi connectivity index (χ0n) is 20.6. The molecule has 0 fully saturated rings. The fraction of sp³-hybridized carbons (Fsp3) is 0.258. The van der Waals surface area contributed by atoms with E-state index >= 15 is 0 Å². The molecule has 0 atom stereocenters. The maximum Gasteiger partial charge on any atom is 0.216 e. The summed E-state index contributed by atoms with van der Waals surface area (Å²) in [5.74, 6) is 0. The van der Waals surface area contributed by atoms with Gasteiger partial charge in [-0.1, -0.05) is 62.4 Å². The molecule has 1 aliphatic rings. The molecule has 34 heavy (non-hydrogen) atoms. The second-order valence-electron chi connectivity index (χ2n) is 10.4. The summed E-state index contributed by atoms with van der Waals surface area (Å²) >= 11 is 0. The second-order valence-corrected chi connectivity index (χ2v) is 10.4. The predicted octanol–water partition coefficient (Wildman–Crippen LogP) is 7.17. The molecule has 6 rings (SSSR count). The lowest BCUT2D eigenvalue weighted by Gasteiger charge is -2.39. The van der Waals surface area contributed by atoms with Crippen molar-refractivity contribution in [2.75, 3.05) is 18.5 Å². The van der Waals surface area contributed by atoms with E-state index in [0.29, 0.717) is 0 Å². The van der Waals surface area contributed by atoms with Gasteiger partial charge in [0.1, 0.15) is 18.2 Å². The number of aromatic nitrogens is 1. The van der Waals surface area contributed by atoms with Crippen molar-refractivity contribution in [3.05, 3.63) is 84.1 Å². The molecule has 2 aromatic heterocycles. The van der Waals surface area contributed by atoms with Gasteiger partial charge in [0.2, 0.25) is 5.69 Å². The van der Waals surface area contributed by atoms with Gasteiger partial charge in [0.25, 0.3) is 0 Å². The maximum atomic E-state index is 6.81. The van der Waals surface area contributed by atoms with Crippen molar-refractivity contribution in [1.29, 1.82) is 0 Å². The summed E-state index contributed by atoms with van der Waals surface area (Å²) in [6.07, 6.45) is 3.25. The van der Waals surface area contributed by atoms with Gasteiger partial charge in [-0.25, -0.2) is 4.57 Å². The number of para-hydroxylation sites is 2. The normalized spacial score (nSPS) is 15.1. The quantitative estimate of drug-likeness (QED) is 0.267. The third-order valence-corrected chi connectivity index (χ3v) is 7.70. The Balaban J connectivity index is 1.68. The number of furan rings is 1. The van der Waals surface area contributed by atoms with Gasteiger partial charge >= 0.3 is 0 Å². The number of aryl methyl sites for hydroxylation is 2. The minimum absolute atomic E-state index is 0.159. The largest absolute Gasteiger partial charge is 0.454 e. The zero-order valence-corrected chi connectivity index (χ0v) is 20.6. The van der Waals surface area contributed by atoms with E-state index in [0.717, 1.165) is 41.0 Å². The second kappa shape index (κ2) is 7.46. The fourth-order valence-corrected chi connectivity index (χ4v) is 5.69.